The van der Waals surface area contributed by atoms with Crippen molar-refractivity contribution in [3.63, 3.8) is 0 Å². The van der Waals surface area contributed by atoms with Crippen molar-refractivity contribution in [3.05, 3.63) is 35.1 Å². The van der Waals surface area contributed by atoms with E-state index in [-0.39, 0.29) is 17.9 Å². The topological polar surface area (TPSA) is 29.3 Å². The standard InChI is InChI=1S/C15H23FN2/c1-3-8-18-9-4-5-14(17)15(18)12-6-7-13(16)11(2)10-12/h6-7,10,14-15H,3-5,8-9,17H2,1-2H3. The van der Waals surface area contributed by atoms with Gasteiger partial charge in [0.05, 0.1) is 0 Å². The maximum absolute atomic E-state index is 13.4. The zero-order valence-electron chi connectivity index (χ0n) is 11.3. The first-order chi connectivity index (χ1) is 8.63. The number of halogens is 1. The molecule has 1 fully saturated rings. The van der Waals surface area contributed by atoms with Gasteiger partial charge in [-0.3, -0.25) is 4.90 Å². The largest absolute Gasteiger partial charge is 0.326 e. The van der Waals surface area contributed by atoms with Crippen LogP contribution in [0, 0.1) is 12.7 Å². The minimum Gasteiger partial charge on any atom is -0.326 e. The van der Waals surface area contributed by atoms with E-state index in [1.165, 1.54) is 0 Å². The Morgan fingerprint density at radius 2 is 2.22 bits per heavy atom. The molecule has 0 bridgehead atoms. The predicted octanol–water partition coefficient (Wildman–Crippen LogP) is 3.01. The third-order valence-corrected chi connectivity index (χ3v) is 3.82. The second kappa shape index (κ2) is 5.81. The molecular weight excluding hydrogens is 227 g/mol. The maximum atomic E-state index is 13.4. The Labute approximate surface area is 109 Å². The molecule has 2 N–H and O–H groups in total. The fourth-order valence-electron chi connectivity index (χ4n) is 2.95. The number of rotatable bonds is 3. The van der Waals surface area contributed by atoms with Gasteiger partial charge < -0.3 is 5.73 Å². The highest BCUT2D eigenvalue weighted by atomic mass is 19.1. The van der Waals surface area contributed by atoms with Gasteiger partial charge in [-0.05, 0) is 56.5 Å². The summed E-state index contributed by atoms with van der Waals surface area (Å²) in [6.07, 6.45) is 3.35. The van der Waals surface area contributed by atoms with Gasteiger partial charge >= 0.3 is 0 Å². The predicted molar refractivity (Wildman–Crippen MR) is 73.0 cm³/mol. The Morgan fingerprint density at radius 3 is 2.89 bits per heavy atom. The van der Waals surface area contributed by atoms with Crippen molar-refractivity contribution in [3.8, 4) is 0 Å². The molecule has 1 heterocycles. The van der Waals surface area contributed by atoms with Crippen LogP contribution in [-0.2, 0) is 0 Å². The smallest absolute Gasteiger partial charge is 0.126 e. The summed E-state index contributed by atoms with van der Waals surface area (Å²) >= 11 is 0. The summed E-state index contributed by atoms with van der Waals surface area (Å²) in [6, 6.07) is 5.82. The maximum Gasteiger partial charge on any atom is 0.126 e. The van der Waals surface area contributed by atoms with Crippen LogP contribution < -0.4 is 5.73 Å². The lowest BCUT2D eigenvalue weighted by atomic mass is 9.90. The minimum atomic E-state index is -0.134. The lowest BCUT2D eigenvalue weighted by Gasteiger charge is -2.40. The van der Waals surface area contributed by atoms with Crippen LogP contribution >= 0.6 is 0 Å². The van der Waals surface area contributed by atoms with Crippen LogP contribution in [0.5, 0.6) is 0 Å². The van der Waals surface area contributed by atoms with Gasteiger partial charge in [-0.2, -0.15) is 0 Å². The Morgan fingerprint density at radius 1 is 1.44 bits per heavy atom. The summed E-state index contributed by atoms with van der Waals surface area (Å²) in [5.74, 6) is -0.134. The lowest BCUT2D eigenvalue weighted by Crippen LogP contribution is -2.46. The van der Waals surface area contributed by atoms with Crippen LogP contribution in [0.25, 0.3) is 0 Å². The molecule has 0 saturated carbocycles. The fraction of sp³-hybridized carbons (Fsp3) is 0.600. The Balaban J connectivity index is 2.28. The van der Waals surface area contributed by atoms with E-state index in [0.29, 0.717) is 5.56 Å². The van der Waals surface area contributed by atoms with E-state index in [9.17, 15) is 4.39 Å². The average Bonchev–Trinajstić information content (AvgIpc) is 2.34. The Bertz CT molecular complexity index is 403. The molecule has 0 amide bonds. The van der Waals surface area contributed by atoms with Crippen molar-refractivity contribution >= 4 is 0 Å². The summed E-state index contributed by atoms with van der Waals surface area (Å²) in [5.41, 5.74) is 8.16. The van der Waals surface area contributed by atoms with E-state index < -0.39 is 0 Å². The highest BCUT2D eigenvalue weighted by molar-refractivity contribution is 5.28. The molecule has 100 valence electrons. The summed E-state index contributed by atoms with van der Waals surface area (Å²) < 4.78 is 13.4. The van der Waals surface area contributed by atoms with Gasteiger partial charge in [-0.25, -0.2) is 4.39 Å². The molecule has 18 heavy (non-hydrogen) atoms. The van der Waals surface area contributed by atoms with E-state index in [0.717, 1.165) is 37.9 Å². The summed E-state index contributed by atoms with van der Waals surface area (Å²) in [4.78, 5) is 2.45. The third kappa shape index (κ3) is 2.73. The second-order valence-electron chi connectivity index (χ2n) is 5.30. The summed E-state index contributed by atoms with van der Waals surface area (Å²) in [5, 5.41) is 0. The average molecular weight is 250 g/mol. The zero-order valence-corrected chi connectivity index (χ0v) is 11.3. The first-order valence-corrected chi connectivity index (χ1v) is 6.89. The highest BCUT2D eigenvalue weighted by Gasteiger charge is 2.29. The van der Waals surface area contributed by atoms with Gasteiger partial charge in [0.25, 0.3) is 0 Å². The van der Waals surface area contributed by atoms with Crippen molar-refractivity contribution in [2.24, 2.45) is 5.73 Å². The van der Waals surface area contributed by atoms with E-state index in [2.05, 4.69) is 11.8 Å². The van der Waals surface area contributed by atoms with Crippen LogP contribution in [-0.4, -0.2) is 24.0 Å². The van der Waals surface area contributed by atoms with E-state index in [4.69, 9.17) is 5.73 Å². The number of likely N-dealkylation sites (tertiary alicyclic amines) is 1. The molecule has 1 aliphatic rings. The van der Waals surface area contributed by atoms with Gasteiger partial charge in [0.15, 0.2) is 0 Å². The first kappa shape index (κ1) is 13.5. The van der Waals surface area contributed by atoms with Gasteiger partial charge in [0.2, 0.25) is 0 Å². The molecule has 0 radical (unpaired) electrons. The monoisotopic (exact) mass is 250 g/mol. The Hall–Kier alpha value is -0.930. The zero-order chi connectivity index (χ0) is 13.1. The normalized spacial score (nSPS) is 25.3. The van der Waals surface area contributed by atoms with Crippen LogP contribution in [0.3, 0.4) is 0 Å². The molecule has 2 rings (SSSR count). The molecule has 2 nitrogen and oxygen atoms in total. The van der Waals surface area contributed by atoms with Crippen LogP contribution in [0.1, 0.15) is 43.4 Å². The third-order valence-electron chi connectivity index (χ3n) is 3.82. The number of benzene rings is 1. The van der Waals surface area contributed by atoms with Crippen LogP contribution in [0.15, 0.2) is 18.2 Å². The van der Waals surface area contributed by atoms with Crippen molar-refractivity contribution < 1.29 is 4.39 Å². The minimum absolute atomic E-state index is 0.134. The number of hydrogen-bond donors (Lipinski definition) is 1. The van der Waals surface area contributed by atoms with Gasteiger partial charge in [0, 0.05) is 12.1 Å². The van der Waals surface area contributed by atoms with E-state index >= 15 is 0 Å². The first-order valence-electron chi connectivity index (χ1n) is 6.89. The quantitative estimate of drug-likeness (QED) is 0.893. The molecule has 0 aromatic heterocycles. The number of piperidine rings is 1. The van der Waals surface area contributed by atoms with Crippen molar-refractivity contribution in [2.75, 3.05) is 13.1 Å². The highest BCUT2D eigenvalue weighted by Crippen LogP contribution is 2.31. The lowest BCUT2D eigenvalue weighted by molar-refractivity contribution is 0.128. The van der Waals surface area contributed by atoms with Crippen molar-refractivity contribution in [2.45, 2.75) is 45.2 Å². The van der Waals surface area contributed by atoms with Crippen molar-refractivity contribution in [1.82, 2.24) is 4.90 Å². The molecule has 2 unspecified atom stereocenters. The molecule has 1 saturated heterocycles. The number of hydrogen-bond acceptors (Lipinski definition) is 2. The van der Waals surface area contributed by atoms with Gasteiger partial charge in [-0.15, -0.1) is 0 Å². The van der Waals surface area contributed by atoms with Gasteiger partial charge in [-0.1, -0.05) is 19.1 Å². The molecule has 1 aliphatic heterocycles. The molecule has 0 aliphatic carbocycles. The summed E-state index contributed by atoms with van der Waals surface area (Å²) in [7, 11) is 0. The fourth-order valence-corrected chi connectivity index (χ4v) is 2.95. The number of nitrogens with two attached hydrogens (primary N) is 1. The SMILES string of the molecule is CCCN1CCCC(N)C1c1ccc(F)c(C)c1. The summed E-state index contributed by atoms with van der Waals surface area (Å²) in [6.45, 7) is 6.17. The van der Waals surface area contributed by atoms with Gasteiger partial charge in [0.1, 0.15) is 5.82 Å². The second-order valence-corrected chi connectivity index (χ2v) is 5.30. The number of aryl methyl sites for hydroxylation is 1. The molecular formula is C15H23FN2. The van der Waals surface area contributed by atoms with E-state index in [1.54, 1.807) is 6.07 Å². The van der Waals surface area contributed by atoms with E-state index in [1.807, 2.05) is 19.1 Å². The molecule has 1 aromatic rings. The molecule has 1 aromatic carbocycles. The van der Waals surface area contributed by atoms with Crippen molar-refractivity contribution in [1.29, 1.82) is 0 Å². The van der Waals surface area contributed by atoms with Crippen LogP contribution in [0.2, 0.25) is 0 Å². The molecule has 3 heteroatoms. The molecule has 2 atom stereocenters. The molecule has 0 spiro atoms. The number of nitrogens with zero attached hydrogens (tertiary/aromatic N) is 1. The van der Waals surface area contributed by atoms with Crippen LogP contribution in [0.4, 0.5) is 4.39 Å². The Kier molecular flexibility index (Phi) is 4.36.